The van der Waals surface area contributed by atoms with Gasteiger partial charge in [-0.05, 0) is 13.1 Å². The summed E-state index contributed by atoms with van der Waals surface area (Å²) in [4.78, 5) is 9.72. The van der Waals surface area contributed by atoms with Gasteiger partial charge < -0.3 is 5.32 Å². The van der Waals surface area contributed by atoms with Gasteiger partial charge in [-0.25, -0.2) is 9.07 Å². The second-order valence-corrected chi connectivity index (χ2v) is 3.79. The highest BCUT2D eigenvalue weighted by Crippen LogP contribution is 2.23. The molecule has 1 aromatic heterocycles. The van der Waals surface area contributed by atoms with Crippen LogP contribution in [-0.4, -0.2) is 21.8 Å². The van der Waals surface area contributed by atoms with Crippen molar-refractivity contribution < 1.29 is 13.7 Å². The maximum atomic E-state index is 13.6. The van der Waals surface area contributed by atoms with Gasteiger partial charge in [0.1, 0.15) is 5.69 Å². The molecule has 0 saturated carbocycles. The predicted molar refractivity (Wildman–Crippen MR) is 62.9 cm³/mol. The Labute approximate surface area is 106 Å². The Morgan fingerprint density at radius 3 is 2.79 bits per heavy atom. The van der Waals surface area contributed by atoms with Gasteiger partial charge in [0.2, 0.25) is 5.82 Å². The third kappa shape index (κ3) is 2.58. The van der Waals surface area contributed by atoms with Crippen molar-refractivity contribution in [1.82, 2.24) is 15.1 Å². The van der Waals surface area contributed by atoms with Crippen LogP contribution in [0, 0.1) is 21.7 Å². The van der Waals surface area contributed by atoms with Crippen molar-refractivity contribution >= 4 is 5.69 Å². The summed E-state index contributed by atoms with van der Waals surface area (Å²) in [6.45, 7) is 0.470. The molecule has 0 radical (unpaired) electrons. The van der Waals surface area contributed by atoms with E-state index in [4.69, 9.17) is 0 Å². The fraction of sp³-hybridized carbons (Fsp3) is 0.182. The number of rotatable bonds is 4. The third-order valence-electron chi connectivity index (χ3n) is 2.46. The fourth-order valence-corrected chi connectivity index (χ4v) is 1.61. The van der Waals surface area contributed by atoms with Crippen molar-refractivity contribution in [3.63, 3.8) is 0 Å². The van der Waals surface area contributed by atoms with E-state index in [1.54, 1.807) is 13.1 Å². The molecule has 0 atom stereocenters. The summed E-state index contributed by atoms with van der Waals surface area (Å²) in [7, 11) is 1.72. The summed E-state index contributed by atoms with van der Waals surface area (Å²) in [6, 6.07) is 2.93. The van der Waals surface area contributed by atoms with E-state index in [0.717, 1.165) is 10.7 Å². The van der Waals surface area contributed by atoms with Crippen LogP contribution in [0.2, 0.25) is 0 Å². The van der Waals surface area contributed by atoms with Crippen molar-refractivity contribution in [3.05, 3.63) is 51.8 Å². The molecule has 0 fully saturated rings. The van der Waals surface area contributed by atoms with Crippen LogP contribution in [0.25, 0.3) is 5.69 Å². The summed E-state index contributed by atoms with van der Waals surface area (Å²) in [5.41, 5.74) is -0.327. The second-order valence-electron chi connectivity index (χ2n) is 3.79. The van der Waals surface area contributed by atoms with Crippen LogP contribution in [0.5, 0.6) is 0 Å². The number of nitro benzene ring substituents is 1. The summed E-state index contributed by atoms with van der Waals surface area (Å²) in [6.07, 6.45) is 1.45. The molecule has 0 aliphatic heterocycles. The number of aromatic nitrogens is 2. The van der Waals surface area contributed by atoms with Crippen molar-refractivity contribution in [2.45, 2.75) is 6.54 Å². The highest BCUT2D eigenvalue weighted by atomic mass is 19.1. The van der Waals surface area contributed by atoms with Crippen molar-refractivity contribution in [3.8, 4) is 5.69 Å². The predicted octanol–water partition coefficient (Wildman–Crippen LogP) is 1.78. The van der Waals surface area contributed by atoms with Gasteiger partial charge in [-0.2, -0.15) is 9.49 Å². The zero-order valence-electron chi connectivity index (χ0n) is 9.93. The number of nitrogens with one attached hydrogen (secondary N) is 1. The van der Waals surface area contributed by atoms with Gasteiger partial charge in [0.15, 0.2) is 5.82 Å². The minimum absolute atomic E-state index is 0.171. The van der Waals surface area contributed by atoms with Crippen LogP contribution in [0.4, 0.5) is 14.5 Å². The maximum Gasteiger partial charge on any atom is 0.307 e. The van der Waals surface area contributed by atoms with Gasteiger partial charge in [-0.3, -0.25) is 10.1 Å². The average Bonchev–Trinajstić information content (AvgIpc) is 2.77. The highest BCUT2D eigenvalue weighted by Gasteiger charge is 2.19. The summed E-state index contributed by atoms with van der Waals surface area (Å²) in [5, 5.41) is 17.5. The third-order valence-corrected chi connectivity index (χ3v) is 2.46. The van der Waals surface area contributed by atoms with Gasteiger partial charge >= 0.3 is 5.69 Å². The molecule has 0 bridgehead atoms. The lowest BCUT2D eigenvalue weighted by atomic mass is 10.2. The maximum absolute atomic E-state index is 13.6. The number of benzene rings is 1. The molecule has 6 nitrogen and oxygen atoms in total. The van der Waals surface area contributed by atoms with Crippen molar-refractivity contribution in [2.24, 2.45) is 0 Å². The van der Waals surface area contributed by atoms with Gasteiger partial charge in [0.05, 0.1) is 10.6 Å². The van der Waals surface area contributed by atoms with Gasteiger partial charge in [-0.1, -0.05) is 0 Å². The first kappa shape index (κ1) is 13.1. The Balaban J connectivity index is 2.48. The molecule has 0 aliphatic rings. The number of halogens is 2. The van der Waals surface area contributed by atoms with Crippen LogP contribution in [0.1, 0.15) is 5.69 Å². The Kier molecular flexibility index (Phi) is 3.52. The van der Waals surface area contributed by atoms with Gasteiger partial charge in [0.25, 0.3) is 0 Å². The molecule has 1 N–H and O–H groups in total. The zero-order chi connectivity index (χ0) is 14.0. The minimum Gasteiger partial charge on any atom is -0.314 e. The molecule has 0 aliphatic carbocycles. The van der Waals surface area contributed by atoms with E-state index in [9.17, 15) is 18.9 Å². The monoisotopic (exact) mass is 268 g/mol. The first-order valence-corrected chi connectivity index (χ1v) is 5.36. The summed E-state index contributed by atoms with van der Waals surface area (Å²) in [5.74, 6) is -2.13. The van der Waals surface area contributed by atoms with Crippen LogP contribution in [0.3, 0.4) is 0 Å². The molecule has 2 aromatic rings. The molecule has 0 unspecified atom stereocenters. The van der Waals surface area contributed by atoms with Crippen molar-refractivity contribution in [2.75, 3.05) is 7.05 Å². The van der Waals surface area contributed by atoms with E-state index in [1.807, 2.05) is 0 Å². The van der Waals surface area contributed by atoms with Crippen LogP contribution in [0.15, 0.2) is 24.4 Å². The lowest BCUT2D eigenvalue weighted by Crippen LogP contribution is -2.07. The standard InChI is InChI=1S/C11H10F2N4O2/c1-14-6-7-2-3-16(15-7)10-5-11(17(18)19)9(13)4-8(10)12/h2-5,14H,6H2,1H3. The first-order valence-electron chi connectivity index (χ1n) is 5.36. The Bertz CT molecular complexity index is 627. The molecular formula is C11H10F2N4O2. The molecule has 0 spiro atoms. The number of nitro groups is 1. The molecule has 2 rings (SSSR count). The summed E-state index contributed by atoms with van der Waals surface area (Å²) < 4.78 is 28.0. The molecule has 19 heavy (non-hydrogen) atoms. The molecule has 0 saturated heterocycles. The average molecular weight is 268 g/mol. The lowest BCUT2D eigenvalue weighted by molar-refractivity contribution is -0.387. The molecule has 0 amide bonds. The van der Waals surface area contributed by atoms with E-state index >= 15 is 0 Å². The normalized spacial score (nSPS) is 10.7. The molecule has 1 aromatic carbocycles. The van der Waals surface area contributed by atoms with Crippen LogP contribution in [-0.2, 0) is 6.54 Å². The Morgan fingerprint density at radius 1 is 1.42 bits per heavy atom. The van der Waals surface area contributed by atoms with Crippen molar-refractivity contribution in [1.29, 1.82) is 0 Å². The first-order chi connectivity index (χ1) is 9.02. The lowest BCUT2D eigenvalue weighted by Gasteiger charge is -2.04. The Morgan fingerprint density at radius 2 is 2.16 bits per heavy atom. The number of nitrogens with zero attached hydrogens (tertiary/aromatic N) is 3. The SMILES string of the molecule is CNCc1ccn(-c2cc([N+](=O)[O-])c(F)cc2F)n1. The largest absolute Gasteiger partial charge is 0.314 e. The number of hydrogen-bond donors (Lipinski definition) is 1. The minimum atomic E-state index is -1.21. The van der Waals surface area contributed by atoms with Gasteiger partial charge in [-0.15, -0.1) is 0 Å². The van der Waals surface area contributed by atoms with Crippen LogP contribution >= 0.6 is 0 Å². The van der Waals surface area contributed by atoms with E-state index in [1.165, 1.54) is 6.20 Å². The van der Waals surface area contributed by atoms with Crippen LogP contribution < -0.4 is 5.32 Å². The molecule has 8 heteroatoms. The van der Waals surface area contributed by atoms with E-state index in [-0.39, 0.29) is 5.69 Å². The molecular weight excluding hydrogens is 258 g/mol. The second kappa shape index (κ2) is 5.11. The highest BCUT2D eigenvalue weighted by molar-refractivity contribution is 5.45. The number of hydrogen-bond acceptors (Lipinski definition) is 4. The Hall–Kier alpha value is -2.35. The summed E-state index contributed by atoms with van der Waals surface area (Å²) >= 11 is 0. The zero-order valence-corrected chi connectivity index (χ0v) is 9.93. The van der Waals surface area contributed by atoms with E-state index in [0.29, 0.717) is 18.3 Å². The van der Waals surface area contributed by atoms with E-state index < -0.39 is 22.2 Å². The smallest absolute Gasteiger partial charge is 0.307 e. The molecule has 100 valence electrons. The fourth-order valence-electron chi connectivity index (χ4n) is 1.61. The molecule has 1 heterocycles. The topological polar surface area (TPSA) is 73.0 Å². The quantitative estimate of drug-likeness (QED) is 0.677. The van der Waals surface area contributed by atoms with Gasteiger partial charge in [0, 0.05) is 24.9 Å². The van der Waals surface area contributed by atoms with E-state index in [2.05, 4.69) is 10.4 Å².